The minimum absolute atomic E-state index is 0.627. The van der Waals surface area contributed by atoms with Crippen molar-refractivity contribution in [3.8, 4) is 0 Å². The third-order valence-corrected chi connectivity index (χ3v) is 4.30. The van der Waals surface area contributed by atoms with Crippen LogP contribution >= 0.6 is 0 Å². The van der Waals surface area contributed by atoms with Crippen LogP contribution in [0.5, 0.6) is 0 Å². The first-order valence-corrected chi connectivity index (χ1v) is 8.58. The maximum Gasteiger partial charge on any atom is 0.229 e. The van der Waals surface area contributed by atoms with Crippen molar-refractivity contribution >= 4 is 23.1 Å². The van der Waals surface area contributed by atoms with Crippen molar-refractivity contribution < 1.29 is 0 Å². The molecule has 0 aliphatic heterocycles. The second-order valence-corrected chi connectivity index (χ2v) is 6.17. The minimum Gasteiger partial charge on any atom is -0.329 e. The molecular weight excluding hydrogens is 308 g/mol. The maximum atomic E-state index is 4.73. The van der Waals surface area contributed by atoms with E-state index in [-0.39, 0.29) is 0 Å². The van der Waals surface area contributed by atoms with Crippen LogP contribution < -0.4 is 10.2 Å². The molecule has 128 valence electrons. The fraction of sp³-hybridized carbons (Fsp3) is 0.238. The van der Waals surface area contributed by atoms with E-state index in [0.717, 1.165) is 29.3 Å². The van der Waals surface area contributed by atoms with Gasteiger partial charge in [0.2, 0.25) is 5.95 Å². The van der Waals surface area contributed by atoms with E-state index in [4.69, 9.17) is 4.98 Å². The van der Waals surface area contributed by atoms with Crippen molar-refractivity contribution in [2.45, 2.75) is 27.2 Å². The monoisotopic (exact) mass is 332 g/mol. The molecule has 0 fully saturated rings. The Morgan fingerprint density at radius 3 is 2.44 bits per heavy atom. The number of aromatic nitrogens is 2. The fourth-order valence-corrected chi connectivity index (χ4v) is 2.88. The molecule has 0 saturated carbocycles. The second-order valence-electron chi connectivity index (χ2n) is 6.17. The first kappa shape index (κ1) is 17.0. The van der Waals surface area contributed by atoms with E-state index >= 15 is 0 Å². The summed E-state index contributed by atoms with van der Waals surface area (Å²) in [6.45, 7) is 6.26. The van der Waals surface area contributed by atoms with Gasteiger partial charge in [-0.25, -0.2) is 4.98 Å². The highest BCUT2D eigenvalue weighted by Gasteiger charge is 2.11. The quantitative estimate of drug-likeness (QED) is 0.700. The zero-order chi connectivity index (χ0) is 17.8. The number of anilines is 4. The van der Waals surface area contributed by atoms with Crippen molar-refractivity contribution in [3.63, 3.8) is 0 Å². The number of benzene rings is 2. The van der Waals surface area contributed by atoms with Crippen LogP contribution in [0.15, 0.2) is 54.6 Å². The van der Waals surface area contributed by atoms with E-state index in [9.17, 15) is 0 Å². The van der Waals surface area contributed by atoms with Crippen LogP contribution in [-0.4, -0.2) is 17.0 Å². The fourth-order valence-electron chi connectivity index (χ4n) is 2.88. The third kappa shape index (κ3) is 3.79. The largest absolute Gasteiger partial charge is 0.329 e. The molecule has 3 rings (SSSR count). The minimum atomic E-state index is 0.627. The van der Waals surface area contributed by atoms with Crippen LogP contribution in [-0.2, 0) is 6.42 Å². The van der Waals surface area contributed by atoms with Gasteiger partial charge in [0.05, 0.1) is 0 Å². The van der Waals surface area contributed by atoms with E-state index in [1.54, 1.807) is 0 Å². The Bertz CT molecular complexity index is 859. The predicted molar refractivity (Wildman–Crippen MR) is 105 cm³/mol. The highest BCUT2D eigenvalue weighted by molar-refractivity contribution is 5.65. The highest BCUT2D eigenvalue weighted by Crippen LogP contribution is 2.27. The Labute approximate surface area is 149 Å². The van der Waals surface area contributed by atoms with Crippen molar-refractivity contribution in [2.75, 3.05) is 17.3 Å². The van der Waals surface area contributed by atoms with Crippen molar-refractivity contribution in [2.24, 2.45) is 0 Å². The molecular formula is C21H24N4. The molecule has 3 aromatic rings. The Morgan fingerprint density at radius 1 is 0.960 bits per heavy atom. The summed E-state index contributed by atoms with van der Waals surface area (Å²) in [7, 11) is 2.02. The van der Waals surface area contributed by atoms with Gasteiger partial charge in [-0.05, 0) is 43.5 Å². The van der Waals surface area contributed by atoms with Crippen LogP contribution in [0.4, 0.5) is 23.1 Å². The molecule has 1 heterocycles. The summed E-state index contributed by atoms with van der Waals surface area (Å²) in [5, 5.41) is 3.43. The first-order valence-electron chi connectivity index (χ1n) is 8.58. The molecule has 4 nitrogen and oxygen atoms in total. The topological polar surface area (TPSA) is 41.1 Å². The Balaban J connectivity index is 1.95. The normalized spacial score (nSPS) is 10.6. The lowest BCUT2D eigenvalue weighted by Gasteiger charge is -2.20. The lowest BCUT2D eigenvalue weighted by molar-refractivity contribution is 1.04. The SMILES string of the molecule is CCc1cccc(C)c1Nc1nc(C)cc(N(C)c2ccccc2)n1. The summed E-state index contributed by atoms with van der Waals surface area (Å²) in [6.07, 6.45) is 0.965. The van der Waals surface area contributed by atoms with Crippen molar-refractivity contribution in [1.29, 1.82) is 0 Å². The molecule has 1 aromatic heterocycles. The van der Waals surface area contributed by atoms with Gasteiger partial charge in [-0.3, -0.25) is 0 Å². The number of hydrogen-bond acceptors (Lipinski definition) is 4. The van der Waals surface area contributed by atoms with Crippen LogP contribution in [0.25, 0.3) is 0 Å². The average molecular weight is 332 g/mol. The molecule has 1 N–H and O–H groups in total. The summed E-state index contributed by atoms with van der Waals surface area (Å²) in [6, 6.07) is 18.5. The average Bonchev–Trinajstić information content (AvgIpc) is 2.63. The predicted octanol–water partition coefficient (Wildman–Crippen LogP) is 5.17. The van der Waals surface area contributed by atoms with E-state index in [1.165, 1.54) is 11.1 Å². The summed E-state index contributed by atoms with van der Waals surface area (Å²) in [4.78, 5) is 11.4. The van der Waals surface area contributed by atoms with E-state index < -0.39 is 0 Å². The van der Waals surface area contributed by atoms with Gasteiger partial charge >= 0.3 is 0 Å². The first-order chi connectivity index (χ1) is 12.1. The van der Waals surface area contributed by atoms with Gasteiger partial charge in [-0.15, -0.1) is 0 Å². The summed E-state index contributed by atoms with van der Waals surface area (Å²) in [5.74, 6) is 1.50. The van der Waals surface area contributed by atoms with Gasteiger partial charge in [0.25, 0.3) is 0 Å². The maximum absolute atomic E-state index is 4.73. The lowest BCUT2D eigenvalue weighted by atomic mass is 10.1. The molecule has 0 aliphatic carbocycles. The molecule has 0 aliphatic rings. The number of rotatable bonds is 5. The van der Waals surface area contributed by atoms with Gasteiger partial charge in [-0.1, -0.05) is 43.3 Å². The zero-order valence-corrected chi connectivity index (χ0v) is 15.2. The van der Waals surface area contributed by atoms with Gasteiger partial charge < -0.3 is 10.2 Å². The molecule has 0 spiro atoms. The molecule has 25 heavy (non-hydrogen) atoms. The molecule has 0 bridgehead atoms. The van der Waals surface area contributed by atoms with E-state index in [0.29, 0.717) is 5.95 Å². The Hall–Kier alpha value is -2.88. The Morgan fingerprint density at radius 2 is 1.72 bits per heavy atom. The van der Waals surface area contributed by atoms with Gasteiger partial charge in [0, 0.05) is 30.2 Å². The van der Waals surface area contributed by atoms with Crippen molar-refractivity contribution in [1.82, 2.24) is 9.97 Å². The number of nitrogens with zero attached hydrogens (tertiary/aromatic N) is 3. The molecule has 0 saturated heterocycles. The van der Waals surface area contributed by atoms with E-state index in [1.807, 2.05) is 38.2 Å². The van der Waals surface area contributed by atoms with Crippen molar-refractivity contribution in [3.05, 3.63) is 71.4 Å². The van der Waals surface area contributed by atoms with Gasteiger partial charge in [0.1, 0.15) is 5.82 Å². The number of nitrogens with one attached hydrogen (secondary N) is 1. The summed E-state index contributed by atoms with van der Waals surface area (Å²) in [5.41, 5.74) is 5.59. The Kier molecular flexibility index (Phi) is 4.98. The summed E-state index contributed by atoms with van der Waals surface area (Å²) < 4.78 is 0. The number of hydrogen-bond donors (Lipinski definition) is 1. The highest BCUT2D eigenvalue weighted by atomic mass is 15.2. The van der Waals surface area contributed by atoms with Gasteiger partial charge in [-0.2, -0.15) is 4.98 Å². The number of para-hydroxylation sites is 2. The van der Waals surface area contributed by atoms with Crippen LogP contribution in [0, 0.1) is 13.8 Å². The molecule has 0 radical (unpaired) electrons. The molecule has 0 unspecified atom stereocenters. The summed E-state index contributed by atoms with van der Waals surface area (Å²) >= 11 is 0. The standard InChI is InChI=1S/C21H24N4/c1-5-17-11-9-10-15(2)20(17)24-21-22-16(3)14-19(23-21)25(4)18-12-7-6-8-13-18/h6-14H,5H2,1-4H3,(H,22,23,24). The second kappa shape index (κ2) is 7.34. The molecule has 0 amide bonds. The third-order valence-electron chi connectivity index (χ3n) is 4.30. The lowest BCUT2D eigenvalue weighted by Crippen LogP contribution is -2.13. The molecule has 2 aromatic carbocycles. The molecule has 0 atom stereocenters. The smallest absolute Gasteiger partial charge is 0.229 e. The van der Waals surface area contributed by atoms with Crippen LogP contribution in [0.1, 0.15) is 23.7 Å². The number of aryl methyl sites for hydroxylation is 3. The van der Waals surface area contributed by atoms with Crippen LogP contribution in [0.2, 0.25) is 0 Å². The zero-order valence-electron chi connectivity index (χ0n) is 15.2. The van der Waals surface area contributed by atoms with E-state index in [2.05, 4.69) is 59.4 Å². The van der Waals surface area contributed by atoms with Crippen LogP contribution in [0.3, 0.4) is 0 Å². The molecule has 4 heteroatoms. The van der Waals surface area contributed by atoms with Gasteiger partial charge in [0.15, 0.2) is 0 Å².